The zero-order valence-electron chi connectivity index (χ0n) is 11.5. The molecule has 2 aromatic rings. The fourth-order valence-electron chi connectivity index (χ4n) is 2.52. The summed E-state index contributed by atoms with van der Waals surface area (Å²) < 4.78 is 11.2. The maximum atomic E-state index is 10.5. The Hall–Kier alpha value is -2.00. The minimum Gasteiger partial charge on any atom is -0.486 e. The van der Waals surface area contributed by atoms with Crippen molar-refractivity contribution in [2.75, 3.05) is 13.2 Å². The predicted octanol–water partition coefficient (Wildman–Crippen LogP) is 3.04. The first kappa shape index (κ1) is 13.0. The molecule has 1 atom stereocenters. The smallest absolute Gasteiger partial charge is 0.167 e. The van der Waals surface area contributed by atoms with Crippen LogP contribution in [-0.2, 0) is 6.42 Å². The predicted molar refractivity (Wildman–Crippen MR) is 77.3 cm³/mol. The number of hydrogen-bond acceptors (Lipinski definition) is 3. The molecule has 0 fully saturated rings. The van der Waals surface area contributed by atoms with E-state index in [9.17, 15) is 5.11 Å². The first-order valence-electron chi connectivity index (χ1n) is 6.87. The van der Waals surface area contributed by atoms with E-state index in [-0.39, 0.29) is 0 Å². The first-order chi connectivity index (χ1) is 9.75. The molecule has 1 heterocycles. The van der Waals surface area contributed by atoms with Gasteiger partial charge in [-0.2, -0.15) is 0 Å². The molecule has 20 heavy (non-hydrogen) atoms. The Morgan fingerprint density at radius 3 is 2.70 bits per heavy atom. The molecule has 1 unspecified atom stereocenters. The minimum absolute atomic E-state index is 0.529. The van der Waals surface area contributed by atoms with E-state index in [0.29, 0.717) is 25.4 Å². The van der Waals surface area contributed by atoms with Crippen molar-refractivity contribution in [1.82, 2.24) is 0 Å². The second-order valence-electron chi connectivity index (χ2n) is 5.02. The molecule has 0 saturated heterocycles. The molecular formula is C17H18O3. The van der Waals surface area contributed by atoms with E-state index in [1.807, 2.05) is 36.4 Å². The summed E-state index contributed by atoms with van der Waals surface area (Å²) in [7, 11) is 0. The Labute approximate surface area is 118 Å². The maximum absolute atomic E-state index is 10.5. The van der Waals surface area contributed by atoms with Crippen molar-refractivity contribution < 1.29 is 14.6 Å². The zero-order valence-corrected chi connectivity index (χ0v) is 11.5. The molecule has 0 amide bonds. The molecule has 2 aromatic carbocycles. The molecule has 3 nitrogen and oxygen atoms in total. The van der Waals surface area contributed by atoms with Gasteiger partial charge < -0.3 is 14.6 Å². The molecule has 1 aliphatic rings. The second-order valence-corrected chi connectivity index (χ2v) is 5.02. The molecule has 0 radical (unpaired) electrons. The number of rotatable bonds is 3. The average molecular weight is 270 g/mol. The number of benzene rings is 2. The topological polar surface area (TPSA) is 38.7 Å². The molecule has 3 rings (SSSR count). The number of ether oxygens (including phenoxy) is 2. The highest BCUT2D eigenvalue weighted by atomic mass is 16.6. The Kier molecular flexibility index (Phi) is 3.61. The van der Waals surface area contributed by atoms with Crippen LogP contribution in [0.25, 0.3) is 0 Å². The van der Waals surface area contributed by atoms with Crippen LogP contribution in [0.4, 0.5) is 0 Å². The van der Waals surface area contributed by atoms with Gasteiger partial charge in [0.25, 0.3) is 0 Å². The third kappa shape index (κ3) is 2.49. The van der Waals surface area contributed by atoms with Crippen LogP contribution >= 0.6 is 0 Å². The monoisotopic (exact) mass is 270 g/mol. The molecule has 0 aromatic heterocycles. The first-order valence-corrected chi connectivity index (χ1v) is 6.87. The van der Waals surface area contributed by atoms with Gasteiger partial charge in [-0.25, -0.2) is 0 Å². The average Bonchev–Trinajstić information content (AvgIpc) is 2.49. The zero-order chi connectivity index (χ0) is 13.9. The molecule has 1 aliphatic heterocycles. The highest BCUT2D eigenvalue weighted by Crippen LogP contribution is 2.37. The lowest BCUT2D eigenvalue weighted by molar-refractivity contribution is 0.146. The van der Waals surface area contributed by atoms with Gasteiger partial charge in [0.1, 0.15) is 13.2 Å². The summed E-state index contributed by atoms with van der Waals surface area (Å²) in [5.74, 6) is 1.40. The summed E-state index contributed by atoms with van der Waals surface area (Å²) in [5.41, 5.74) is 3.13. The minimum atomic E-state index is -0.590. The number of aliphatic hydroxyl groups is 1. The summed E-state index contributed by atoms with van der Waals surface area (Å²) in [4.78, 5) is 0. The molecule has 0 spiro atoms. The van der Waals surface area contributed by atoms with E-state index < -0.39 is 6.10 Å². The second kappa shape index (κ2) is 5.55. The van der Waals surface area contributed by atoms with Crippen molar-refractivity contribution >= 4 is 0 Å². The number of aliphatic hydroxyl groups excluding tert-OH is 1. The van der Waals surface area contributed by atoms with Crippen molar-refractivity contribution in [3.05, 3.63) is 59.2 Å². The van der Waals surface area contributed by atoms with Crippen LogP contribution < -0.4 is 9.47 Å². The lowest BCUT2D eigenvalue weighted by atomic mass is 9.97. The lowest BCUT2D eigenvalue weighted by Crippen LogP contribution is -2.17. The normalized spacial score (nSPS) is 14.9. The molecule has 0 aliphatic carbocycles. The van der Waals surface area contributed by atoms with Crippen LogP contribution in [-0.4, -0.2) is 18.3 Å². The summed E-state index contributed by atoms with van der Waals surface area (Å²) in [6, 6.07) is 13.8. The van der Waals surface area contributed by atoms with Gasteiger partial charge in [-0.05, 0) is 24.1 Å². The summed E-state index contributed by atoms with van der Waals surface area (Å²) in [6.45, 7) is 3.15. The SMILES string of the molecule is Cc1ccccc1CC(O)c1cccc2c1OCCO2. The van der Waals surface area contributed by atoms with E-state index in [1.165, 1.54) is 5.56 Å². The van der Waals surface area contributed by atoms with E-state index in [1.54, 1.807) is 0 Å². The fourth-order valence-corrected chi connectivity index (χ4v) is 2.52. The molecule has 0 saturated carbocycles. The van der Waals surface area contributed by atoms with Crippen molar-refractivity contribution in [3.63, 3.8) is 0 Å². The molecule has 1 N–H and O–H groups in total. The fraction of sp³-hybridized carbons (Fsp3) is 0.294. The van der Waals surface area contributed by atoms with Crippen LogP contribution in [0.2, 0.25) is 0 Å². The highest BCUT2D eigenvalue weighted by molar-refractivity contribution is 5.49. The van der Waals surface area contributed by atoms with Gasteiger partial charge in [-0.15, -0.1) is 0 Å². The van der Waals surface area contributed by atoms with Crippen molar-refractivity contribution in [2.45, 2.75) is 19.4 Å². The van der Waals surface area contributed by atoms with Crippen LogP contribution in [0, 0.1) is 6.92 Å². The molecule has 104 valence electrons. The number of aryl methyl sites for hydroxylation is 1. The Bertz CT molecular complexity index is 607. The Balaban J connectivity index is 1.88. The van der Waals surface area contributed by atoms with Gasteiger partial charge in [0, 0.05) is 12.0 Å². The third-order valence-corrected chi connectivity index (χ3v) is 3.63. The standard InChI is InChI=1S/C17H18O3/c1-12-5-2-3-6-13(12)11-15(18)14-7-4-8-16-17(14)20-10-9-19-16/h2-8,15,18H,9-11H2,1H3. The van der Waals surface area contributed by atoms with E-state index in [2.05, 4.69) is 13.0 Å². The van der Waals surface area contributed by atoms with Gasteiger partial charge in [0.05, 0.1) is 6.10 Å². The van der Waals surface area contributed by atoms with Gasteiger partial charge in [0.15, 0.2) is 11.5 Å². The third-order valence-electron chi connectivity index (χ3n) is 3.63. The highest BCUT2D eigenvalue weighted by Gasteiger charge is 2.21. The summed E-state index contributed by atoms with van der Waals surface area (Å²) in [5, 5.41) is 10.5. The van der Waals surface area contributed by atoms with E-state index in [4.69, 9.17) is 9.47 Å². The van der Waals surface area contributed by atoms with Crippen molar-refractivity contribution in [2.24, 2.45) is 0 Å². The van der Waals surface area contributed by atoms with Crippen molar-refractivity contribution in [3.8, 4) is 11.5 Å². The van der Waals surface area contributed by atoms with Crippen molar-refractivity contribution in [1.29, 1.82) is 0 Å². The van der Waals surface area contributed by atoms with Crippen LogP contribution in [0.5, 0.6) is 11.5 Å². The lowest BCUT2D eigenvalue weighted by Gasteiger charge is -2.23. The van der Waals surface area contributed by atoms with E-state index in [0.717, 1.165) is 16.9 Å². The molecule has 0 bridgehead atoms. The Morgan fingerprint density at radius 2 is 1.85 bits per heavy atom. The molecular weight excluding hydrogens is 252 g/mol. The quantitative estimate of drug-likeness (QED) is 0.931. The number of hydrogen-bond donors (Lipinski definition) is 1. The molecule has 3 heteroatoms. The van der Waals surface area contributed by atoms with Gasteiger partial charge >= 0.3 is 0 Å². The van der Waals surface area contributed by atoms with Gasteiger partial charge in [-0.3, -0.25) is 0 Å². The van der Waals surface area contributed by atoms with Crippen LogP contribution in [0.15, 0.2) is 42.5 Å². The van der Waals surface area contributed by atoms with Crippen LogP contribution in [0.1, 0.15) is 22.8 Å². The van der Waals surface area contributed by atoms with E-state index >= 15 is 0 Å². The largest absolute Gasteiger partial charge is 0.486 e. The number of para-hydroxylation sites is 1. The number of fused-ring (bicyclic) bond motifs is 1. The summed E-state index contributed by atoms with van der Waals surface area (Å²) >= 11 is 0. The van der Waals surface area contributed by atoms with Gasteiger partial charge in [0.2, 0.25) is 0 Å². The van der Waals surface area contributed by atoms with Crippen LogP contribution in [0.3, 0.4) is 0 Å². The Morgan fingerprint density at radius 1 is 1.05 bits per heavy atom. The summed E-state index contributed by atoms with van der Waals surface area (Å²) in [6.07, 6.45) is -0.0142. The maximum Gasteiger partial charge on any atom is 0.167 e. The van der Waals surface area contributed by atoms with Gasteiger partial charge in [-0.1, -0.05) is 36.4 Å².